The molecule has 0 aromatic rings. The summed E-state index contributed by atoms with van der Waals surface area (Å²) in [5.74, 6) is 0. The Labute approximate surface area is 63.2 Å². The zero-order chi connectivity index (χ0) is 7.82. The van der Waals surface area contributed by atoms with Crippen LogP contribution in [0.25, 0.3) is 0 Å². The van der Waals surface area contributed by atoms with Crippen LogP contribution in [0, 0.1) is 0 Å². The lowest BCUT2D eigenvalue weighted by Crippen LogP contribution is -2.14. The molecule has 0 saturated heterocycles. The van der Waals surface area contributed by atoms with Crippen LogP contribution in [0.15, 0.2) is 0 Å². The normalized spacial score (nSPS) is 13.5. The van der Waals surface area contributed by atoms with Gasteiger partial charge in [0.05, 0.1) is 12.7 Å². The smallest absolute Gasteiger partial charge is 0.0771 e. The maximum atomic E-state index is 9.03. The van der Waals surface area contributed by atoms with Crippen molar-refractivity contribution in [3.05, 3.63) is 0 Å². The molecule has 2 nitrogen and oxygen atoms in total. The Morgan fingerprint density at radius 3 is 2.60 bits per heavy atom. The topological polar surface area (TPSA) is 29.5 Å². The van der Waals surface area contributed by atoms with Crippen LogP contribution in [-0.4, -0.2) is 24.4 Å². The van der Waals surface area contributed by atoms with Gasteiger partial charge in [-0.25, -0.2) is 0 Å². The van der Waals surface area contributed by atoms with Gasteiger partial charge in [-0.15, -0.1) is 0 Å². The van der Waals surface area contributed by atoms with E-state index >= 15 is 0 Å². The molecule has 0 radical (unpaired) electrons. The van der Waals surface area contributed by atoms with Crippen LogP contribution in [0.2, 0.25) is 0 Å². The second kappa shape index (κ2) is 7.03. The lowest BCUT2D eigenvalue weighted by molar-refractivity contribution is 0.0340. The van der Waals surface area contributed by atoms with E-state index in [0.29, 0.717) is 6.61 Å². The van der Waals surface area contributed by atoms with E-state index < -0.39 is 0 Å². The van der Waals surface area contributed by atoms with Crippen LogP contribution in [0.5, 0.6) is 0 Å². The van der Waals surface area contributed by atoms with Gasteiger partial charge in [0.1, 0.15) is 0 Å². The van der Waals surface area contributed by atoms with Crippen molar-refractivity contribution in [1.29, 1.82) is 0 Å². The SMILES string of the molecule is CCCCOCC(O)CC. The summed E-state index contributed by atoms with van der Waals surface area (Å²) in [6.07, 6.45) is 2.77. The fourth-order valence-electron chi connectivity index (χ4n) is 0.584. The summed E-state index contributed by atoms with van der Waals surface area (Å²) in [4.78, 5) is 0. The summed E-state index contributed by atoms with van der Waals surface area (Å²) in [5.41, 5.74) is 0. The van der Waals surface area contributed by atoms with Crippen LogP contribution in [0.1, 0.15) is 33.1 Å². The first-order valence-corrected chi connectivity index (χ1v) is 4.07. The van der Waals surface area contributed by atoms with E-state index in [1.54, 1.807) is 0 Å². The molecule has 10 heavy (non-hydrogen) atoms. The average molecular weight is 146 g/mol. The Bertz CT molecular complexity index is 64.3. The van der Waals surface area contributed by atoms with Crippen LogP contribution in [0.4, 0.5) is 0 Å². The van der Waals surface area contributed by atoms with Crippen LogP contribution in [0.3, 0.4) is 0 Å². The number of ether oxygens (including phenoxy) is 1. The van der Waals surface area contributed by atoms with Crippen molar-refractivity contribution in [3.63, 3.8) is 0 Å². The minimum absolute atomic E-state index is 0.267. The molecular weight excluding hydrogens is 128 g/mol. The molecule has 1 atom stereocenters. The van der Waals surface area contributed by atoms with Crippen LogP contribution in [-0.2, 0) is 4.74 Å². The number of hydrogen-bond donors (Lipinski definition) is 1. The van der Waals surface area contributed by atoms with E-state index in [4.69, 9.17) is 9.84 Å². The number of unbranched alkanes of at least 4 members (excludes halogenated alkanes) is 1. The minimum Gasteiger partial charge on any atom is -0.391 e. The largest absolute Gasteiger partial charge is 0.391 e. The average Bonchev–Trinajstić information content (AvgIpc) is 1.98. The van der Waals surface area contributed by atoms with Crippen molar-refractivity contribution in [2.24, 2.45) is 0 Å². The molecule has 0 aliphatic heterocycles. The monoisotopic (exact) mass is 146 g/mol. The number of rotatable bonds is 6. The summed E-state index contributed by atoms with van der Waals surface area (Å²) >= 11 is 0. The first-order valence-electron chi connectivity index (χ1n) is 4.07. The molecule has 0 aromatic carbocycles. The quantitative estimate of drug-likeness (QED) is 0.576. The molecule has 0 amide bonds. The van der Waals surface area contributed by atoms with Gasteiger partial charge in [0.2, 0.25) is 0 Å². The van der Waals surface area contributed by atoms with E-state index in [-0.39, 0.29) is 6.10 Å². The van der Waals surface area contributed by atoms with Gasteiger partial charge in [-0.1, -0.05) is 20.3 Å². The van der Waals surface area contributed by atoms with Crippen LogP contribution < -0.4 is 0 Å². The van der Waals surface area contributed by atoms with E-state index in [1.807, 2.05) is 6.92 Å². The van der Waals surface area contributed by atoms with Crippen molar-refractivity contribution in [2.75, 3.05) is 13.2 Å². The highest BCUT2D eigenvalue weighted by molar-refractivity contribution is 4.47. The third-order valence-electron chi connectivity index (χ3n) is 1.42. The summed E-state index contributed by atoms with van der Waals surface area (Å²) in [5, 5.41) is 9.03. The van der Waals surface area contributed by atoms with Crippen molar-refractivity contribution < 1.29 is 9.84 Å². The van der Waals surface area contributed by atoms with Crippen LogP contribution >= 0.6 is 0 Å². The molecule has 0 fully saturated rings. The maximum Gasteiger partial charge on any atom is 0.0771 e. The molecule has 0 saturated carbocycles. The molecule has 1 N–H and O–H groups in total. The minimum atomic E-state index is -0.267. The van der Waals surface area contributed by atoms with Gasteiger partial charge < -0.3 is 9.84 Å². The Morgan fingerprint density at radius 2 is 2.10 bits per heavy atom. The van der Waals surface area contributed by atoms with Crippen molar-refractivity contribution in [1.82, 2.24) is 0 Å². The predicted octanol–water partition coefficient (Wildman–Crippen LogP) is 1.57. The molecule has 0 aliphatic carbocycles. The summed E-state index contributed by atoms with van der Waals surface area (Å²) < 4.78 is 5.18. The van der Waals surface area contributed by atoms with E-state index in [2.05, 4.69) is 6.92 Å². The fourth-order valence-corrected chi connectivity index (χ4v) is 0.584. The molecular formula is C8H18O2. The lowest BCUT2D eigenvalue weighted by Gasteiger charge is -2.07. The predicted molar refractivity (Wildman–Crippen MR) is 42.0 cm³/mol. The Balaban J connectivity index is 2.89. The van der Waals surface area contributed by atoms with Crippen molar-refractivity contribution in [3.8, 4) is 0 Å². The highest BCUT2D eigenvalue weighted by atomic mass is 16.5. The molecule has 1 unspecified atom stereocenters. The zero-order valence-electron chi connectivity index (χ0n) is 6.97. The summed E-state index contributed by atoms with van der Waals surface area (Å²) in [6.45, 7) is 5.36. The Morgan fingerprint density at radius 1 is 1.40 bits per heavy atom. The first-order chi connectivity index (χ1) is 4.81. The van der Waals surface area contributed by atoms with E-state index in [9.17, 15) is 0 Å². The van der Waals surface area contributed by atoms with Gasteiger partial charge >= 0.3 is 0 Å². The Hall–Kier alpha value is -0.0800. The third-order valence-corrected chi connectivity index (χ3v) is 1.42. The van der Waals surface area contributed by atoms with Gasteiger partial charge in [-0.3, -0.25) is 0 Å². The second-order valence-electron chi connectivity index (χ2n) is 2.49. The molecule has 0 rings (SSSR count). The van der Waals surface area contributed by atoms with Crippen molar-refractivity contribution in [2.45, 2.75) is 39.2 Å². The molecule has 0 bridgehead atoms. The van der Waals surface area contributed by atoms with Gasteiger partial charge in [0, 0.05) is 6.61 Å². The number of aliphatic hydroxyl groups is 1. The van der Waals surface area contributed by atoms with Gasteiger partial charge in [0.15, 0.2) is 0 Å². The fraction of sp³-hybridized carbons (Fsp3) is 1.00. The zero-order valence-corrected chi connectivity index (χ0v) is 6.97. The molecule has 2 heteroatoms. The summed E-state index contributed by atoms with van der Waals surface area (Å²) in [7, 11) is 0. The van der Waals surface area contributed by atoms with Gasteiger partial charge in [0.25, 0.3) is 0 Å². The summed E-state index contributed by atoms with van der Waals surface area (Å²) in [6, 6.07) is 0. The molecule has 0 aromatic heterocycles. The van der Waals surface area contributed by atoms with E-state index in [0.717, 1.165) is 25.9 Å². The third kappa shape index (κ3) is 6.05. The molecule has 0 aliphatic rings. The second-order valence-corrected chi connectivity index (χ2v) is 2.49. The molecule has 0 heterocycles. The number of aliphatic hydroxyl groups excluding tert-OH is 1. The van der Waals surface area contributed by atoms with Crippen molar-refractivity contribution >= 4 is 0 Å². The Kier molecular flexibility index (Phi) is 6.98. The standard InChI is InChI=1S/C8H18O2/c1-3-5-6-10-7-8(9)4-2/h8-9H,3-7H2,1-2H3. The first kappa shape index (κ1) is 9.92. The van der Waals surface area contributed by atoms with E-state index in [1.165, 1.54) is 0 Å². The maximum absolute atomic E-state index is 9.03. The highest BCUT2D eigenvalue weighted by Gasteiger charge is 1.98. The lowest BCUT2D eigenvalue weighted by atomic mass is 10.3. The van der Waals surface area contributed by atoms with Gasteiger partial charge in [-0.05, 0) is 12.8 Å². The molecule has 0 spiro atoms. The molecule has 62 valence electrons. The van der Waals surface area contributed by atoms with Gasteiger partial charge in [-0.2, -0.15) is 0 Å². The number of hydrogen-bond acceptors (Lipinski definition) is 2. The highest BCUT2D eigenvalue weighted by Crippen LogP contribution is 1.93.